The van der Waals surface area contributed by atoms with Crippen LogP contribution in [0.1, 0.15) is 20.3 Å². The Balaban J connectivity index is 2.40. The third-order valence-electron chi connectivity index (χ3n) is 2.05. The number of hydrogen-bond acceptors (Lipinski definition) is 3. The number of nitriles is 1. The second-order valence-corrected chi connectivity index (χ2v) is 3.14. The minimum atomic E-state index is -0.380. The van der Waals surface area contributed by atoms with Gasteiger partial charge in [0.25, 0.3) is 0 Å². The van der Waals surface area contributed by atoms with Crippen molar-refractivity contribution in [3.63, 3.8) is 0 Å². The molecule has 0 radical (unpaired) electrons. The molecule has 1 unspecified atom stereocenters. The summed E-state index contributed by atoms with van der Waals surface area (Å²) in [6.07, 6.45) is 1.05. The standard InChI is InChI=1S/C8H14N2O/c1-3-7(2)10-8(4-9)5-11-6-8/h7,10H,3,5-6H2,1-2H3. The Kier molecular flexibility index (Phi) is 2.48. The van der Waals surface area contributed by atoms with Gasteiger partial charge in [-0.2, -0.15) is 5.26 Å². The van der Waals surface area contributed by atoms with Crippen molar-refractivity contribution >= 4 is 0 Å². The molecule has 0 aliphatic carbocycles. The predicted molar refractivity (Wildman–Crippen MR) is 42.1 cm³/mol. The summed E-state index contributed by atoms with van der Waals surface area (Å²) in [7, 11) is 0. The van der Waals surface area contributed by atoms with E-state index in [1.54, 1.807) is 0 Å². The fourth-order valence-corrected chi connectivity index (χ4v) is 1.06. The highest BCUT2D eigenvalue weighted by atomic mass is 16.5. The molecule has 1 atom stereocenters. The van der Waals surface area contributed by atoms with E-state index in [9.17, 15) is 0 Å². The van der Waals surface area contributed by atoms with Crippen molar-refractivity contribution in [3.05, 3.63) is 0 Å². The lowest BCUT2D eigenvalue weighted by Crippen LogP contribution is -2.61. The average molecular weight is 154 g/mol. The van der Waals surface area contributed by atoms with Crippen molar-refractivity contribution in [2.24, 2.45) is 0 Å². The van der Waals surface area contributed by atoms with Crippen molar-refractivity contribution in [2.45, 2.75) is 31.8 Å². The first-order chi connectivity index (χ1) is 5.22. The third kappa shape index (κ3) is 1.70. The fourth-order valence-electron chi connectivity index (χ4n) is 1.06. The summed E-state index contributed by atoms with van der Waals surface area (Å²) in [5, 5.41) is 12.0. The van der Waals surface area contributed by atoms with E-state index in [1.165, 1.54) is 0 Å². The van der Waals surface area contributed by atoms with Crippen LogP contribution < -0.4 is 5.32 Å². The molecule has 1 rings (SSSR count). The van der Waals surface area contributed by atoms with Gasteiger partial charge in [0.15, 0.2) is 5.54 Å². The third-order valence-corrected chi connectivity index (χ3v) is 2.05. The van der Waals surface area contributed by atoms with Gasteiger partial charge < -0.3 is 4.74 Å². The molecule has 1 aliphatic rings. The highest BCUT2D eigenvalue weighted by Crippen LogP contribution is 2.16. The summed E-state index contributed by atoms with van der Waals surface area (Å²) in [4.78, 5) is 0. The topological polar surface area (TPSA) is 45.0 Å². The highest BCUT2D eigenvalue weighted by molar-refractivity contribution is 5.12. The van der Waals surface area contributed by atoms with Gasteiger partial charge in [-0.1, -0.05) is 6.92 Å². The zero-order chi connectivity index (χ0) is 8.32. The van der Waals surface area contributed by atoms with Crippen molar-refractivity contribution in [1.29, 1.82) is 5.26 Å². The predicted octanol–water partition coefficient (Wildman–Crippen LogP) is 0.667. The van der Waals surface area contributed by atoms with Gasteiger partial charge in [0.05, 0.1) is 19.3 Å². The summed E-state index contributed by atoms with van der Waals surface area (Å²) in [6, 6.07) is 2.65. The van der Waals surface area contributed by atoms with Gasteiger partial charge in [-0.3, -0.25) is 5.32 Å². The number of nitrogens with one attached hydrogen (secondary N) is 1. The zero-order valence-corrected chi connectivity index (χ0v) is 7.05. The molecule has 0 aromatic heterocycles. The molecule has 1 N–H and O–H groups in total. The number of nitrogens with zero attached hydrogens (tertiary/aromatic N) is 1. The Morgan fingerprint density at radius 2 is 2.36 bits per heavy atom. The fraction of sp³-hybridized carbons (Fsp3) is 0.875. The van der Waals surface area contributed by atoms with E-state index in [4.69, 9.17) is 10.00 Å². The number of rotatable bonds is 3. The normalized spacial score (nSPS) is 23.4. The molecule has 3 nitrogen and oxygen atoms in total. The Labute approximate surface area is 67.3 Å². The van der Waals surface area contributed by atoms with Gasteiger partial charge in [-0.05, 0) is 13.3 Å². The van der Waals surface area contributed by atoms with Crippen LogP contribution in [0.25, 0.3) is 0 Å². The highest BCUT2D eigenvalue weighted by Gasteiger charge is 2.39. The molecule has 1 fully saturated rings. The minimum absolute atomic E-state index is 0.380. The van der Waals surface area contributed by atoms with E-state index in [0.29, 0.717) is 19.3 Å². The van der Waals surface area contributed by atoms with Crippen molar-refractivity contribution < 1.29 is 4.74 Å². The SMILES string of the molecule is CCC(C)NC1(C#N)COC1. The molecule has 62 valence electrons. The van der Waals surface area contributed by atoms with E-state index in [1.807, 2.05) is 0 Å². The molecule has 0 amide bonds. The van der Waals surface area contributed by atoms with Crippen molar-refractivity contribution in [3.8, 4) is 6.07 Å². The van der Waals surface area contributed by atoms with Crippen molar-refractivity contribution in [2.75, 3.05) is 13.2 Å². The van der Waals surface area contributed by atoms with E-state index >= 15 is 0 Å². The van der Waals surface area contributed by atoms with Gasteiger partial charge in [0.1, 0.15) is 0 Å². The maximum absolute atomic E-state index is 8.79. The average Bonchev–Trinajstić information content (AvgIpc) is 1.96. The van der Waals surface area contributed by atoms with Crippen LogP contribution in [0.2, 0.25) is 0 Å². The van der Waals surface area contributed by atoms with E-state index in [0.717, 1.165) is 6.42 Å². The van der Waals surface area contributed by atoms with Crippen LogP contribution in [-0.2, 0) is 4.74 Å². The molecule has 0 spiro atoms. The van der Waals surface area contributed by atoms with E-state index in [-0.39, 0.29) is 5.54 Å². The second kappa shape index (κ2) is 3.21. The van der Waals surface area contributed by atoms with Crippen LogP contribution >= 0.6 is 0 Å². The largest absolute Gasteiger partial charge is 0.375 e. The summed E-state index contributed by atoms with van der Waals surface area (Å²) < 4.78 is 4.99. The lowest BCUT2D eigenvalue weighted by Gasteiger charge is -2.37. The quantitative estimate of drug-likeness (QED) is 0.649. The summed E-state index contributed by atoms with van der Waals surface area (Å²) in [5.74, 6) is 0. The first-order valence-corrected chi connectivity index (χ1v) is 3.99. The Hall–Kier alpha value is -0.590. The van der Waals surface area contributed by atoms with Gasteiger partial charge in [0.2, 0.25) is 0 Å². The molecule has 0 bridgehead atoms. The minimum Gasteiger partial charge on any atom is -0.375 e. The first kappa shape index (κ1) is 8.51. The lowest BCUT2D eigenvalue weighted by atomic mass is 9.98. The van der Waals surface area contributed by atoms with Crippen LogP contribution in [-0.4, -0.2) is 24.8 Å². The maximum Gasteiger partial charge on any atom is 0.153 e. The zero-order valence-electron chi connectivity index (χ0n) is 7.05. The molecule has 3 heteroatoms. The van der Waals surface area contributed by atoms with E-state index in [2.05, 4.69) is 25.2 Å². The molecule has 1 heterocycles. The number of ether oxygens (including phenoxy) is 1. The van der Waals surface area contributed by atoms with Crippen LogP contribution in [0.15, 0.2) is 0 Å². The van der Waals surface area contributed by atoms with Gasteiger partial charge >= 0.3 is 0 Å². The summed E-state index contributed by atoms with van der Waals surface area (Å²) in [6.45, 7) is 5.25. The molecule has 0 aromatic rings. The maximum atomic E-state index is 8.79. The number of hydrogen-bond donors (Lipinski definition) is 1. The summed E-state index contributed by atoms with van der Waals surface area (Å²) in [5.41, 5.74) is -0.380. The molecular formula is C8H14N2O. The van der Waals surface area contributed by atoms with Crippen molar-refractivity contribution in [1.82, 2.24) is 5.32 Å². The lowest BCUT2D eigenvalue weighted by molar-refractivity contribution is -0.0480. The Morgan fingerprint density at radius 1 is 1.73 bits per heavy atom. The van der Waals surface area contributed by atoms with Gasteiger partial charge in [0, 0.05) is 6.04 Å². The monoisotopic (exact) mass is 154 g/mol. The summed E-state index contributed by atoms with van der Waals surface area (Å²) >= 11 is 0. The Bertz CT molecular complexity index is 169. The Morgan fingerprint density at radius 3 is 2.64 bits per heavy atom. The van der Waals surface area contributed by atoms with Gasteiger partial charge in [-0.15, -0.1) is 0 Å². The smallest absolute Gasteiger partial charge is 0.153 e. The molecule has 1 saturated heterocycles. The second-order valence-electron chi connectivity index (χ2n) is 3.14. The molecular weight excluding hydrogens is 140 g/mol. The molecule has 0 saturated carbocycles. The van der Waals surface area contributed by atoms with Crippen LogP contribution in [0, 0.1) is 11.3 Å². The van der Waals surface area contributed by atoms with Crippen LogP contribution in [0.5, 0.6) is 0 Å². The molecule has 1 aliphatic heterocycles. The van der Waals surface area contributed by atoms with Crippen LogP contribution in [0.3, 0.4) is 0 Å². The van der Waals surface area contributed by atoms with Gasteiger partial charge in [-0.25, -0.2) is 0 Å². The first-order valence-electron chi connectivity index (χ1n) is 3.99. The molecule has 11 heavy (non-hydrogen) atoms. The van der Waals surface area contributed by atoms with Crippen LogP contribution in [0.4, 0.5) is 0 Å². The van der Waals surface area contributed by atoms with E-state index < -0.39 is 0 Å². The molecule has 0 aromatic carbocycles.